The van der Waals surface area contributed by atoms with Crippen molar-refractivity contribution in [2.45, 2.75) is 13.5 Å². The maximum atomic E-state index is 11.6. The van der Waals surface area contributed by atoms with Gasteiger partial charge < -0.3 is 9.64 Å². The number of nitrogens with zero attached hydrogens (tertiary/aromatic N) is 2. The summed E-state index contributed by atoms with van der Waals surface area (Å²) in [4.78, 5) is 18.5. The number of halogens is 1. The van der Waals surface area contributed by atoms with Gasteiger partial charge >= 0.3 is 5.97 Å². The van der Waals surface area contributed by atoms with Crippen molar-refractivity contribution >= 4 is 34.0 Å². The Bertz CT molecular complexity index is 627. The topological polar surface area (TPSA) is 42.4 Å². The fourth-order valence-corrected chi connectivity index (χ4v) is 2.96. The molecule has 1 aromatic carbocycles. The van der Waals surface area contributed by atoms with Crippen LogP contribution in [0.3, 0.4) is 0 Å². The van der Waals surface area contributed by atoms with E-state index in [4.69, 9.17) is 16.3 Å². The van der Waals surface area contributed by atoms with E-state index in [0.717, 1.165) is 10.7 Å². The second-order valence-corrected chi connectivity index (χ2v) is 5.80. The molecule has 0 aliphatic rings. The van der Waals surface area contributed by atoms with Crippen molar-refractivity contribution < 1.29 is 9.53 Å². The molecule has 0 spiro atoms. The zero-order valence-electron chi connectivity index (χ0n) is 11.5. The average Bonchev–Trinajstić information content (AvgIpc) is 2.80. The molecule has 20 heavy (non-hydrogen) atoms. The standard InChI is InChI=1S/C14H15ClN2O2S/c1-9-12(13(18)19-3)20-14(16-9)17(2)8-10-5-4-6-11(15)7-10/h4-7H,8H2,1-3H3. The first-order chi connectivity index (χ1) is 9.51. The quantitative estimate of drug-likeness (QED) is 0.810. The lowest BCUT2D eigenvalue weighted by Crippen LogP contribution is -2.15. The van der Waals surface area contributed by atoms with Gasteiger partial charge in [-0.15, -0.1) is 0 Å². The average molecular weight is 311 g/mol. The molecule has 0 radical (unpaired) electrons. The smallest absolute Gasteiger partial charge is 0.350 e. The van der Waals surface area contributed by atoms with Crippen LogP contribution in [0.2, 0.25) is 5.02 Å². The van der Waals surface area contributed by atoms with E-state index in [1.807, 2.05) is 36.2 Å². The van der Waals surface area contributed by atoms with Gasteiger partial charge in [0.15, 0.2) is 5.13 Å². The number of anilines is 1. The normalized spacial score (nSPS) is 10.4. The molecule has 0 aliphatic carbocycles. The van der Waals surface area contributed by atoms with Gasteiger partial charge in [-0.1, -0.05) is 35.1 Å². The fourth-order valence-electron chi connectivity index (χ4n) is 1.80. The largest absolute Gasteiger partial charge is 0.465 e. The number of aromatic nitrogens is 1. The molecular formula is C14H15ClN2O2S. The van der Waals surface area contributed by atoms with Crippen LogP contribution >= 0.6 is 22.9 Å². The lowest BCUT2D eigenvalue weighted by molar-refractivity contribution is 0.0605. The van der Waals surface area contributed by atoms with E-state index < -0.39 is 0 Å². The van der Waals surface area contributed by atoms with Gasteiger partial charge in [-0.2, -0.15) is 0 Å². The van der Waals surface area contributed by atoms with Gasteiger partial charge in [-0.25, -0.2) is 9.78 Å². The van der Waals surface area contributed by atoms with E-state index >= 15 is 0 Å². The minimum absolute atomic E-state index is 0.345. The van der Waals surface area contributed by atoms with Gasteiger partial charge in [0.25, 0.3) is 0 Å². The summed E-state index contributed by atoms with van der Waals surface area (Å²) < 4.78 is 4.74. The molecule has 0 atom stereocenters. The fraction of sp³-hybridized carbons (Fsp3) is 0.286. The summed E-state index contributed by atoms with van der Waals surface area (Å²) in [6.07, 6.45) is 0. The maximum absolute atomic E-state index is 11.6. The van der Waals surface area contributed by atoms with E-state index in [-0.39, 0.29) is 5.97 Å². The van der Waals surface area contributed by atoms with E-state index in [2.05, 4.69) is 4.98 Å². The van der Waals surface area contributed by atoms with Crippen molar-refractivity contribution in [1.82, 2.24) is 4.98 Å². The zero-order chi connectivity index (χ0) is 14.7. The molecule has 0 aliphatic heterocycles. The molecular weight excluding hydrogens is 296 g/mol. The summed E-state index contributed by atoms with van der Waals surface area (Å²) in [5.74, 6) is -0.345. The number of methoxy groups -OCH3 is 1. The van der Waals surface area contributed by atoms with Crippen molar-refractivity contribution in [2.24, 2.45) is 0 Å². The molecule has 2 aromatic rings. The van der Waals surface area contributed by atoms with Crippen LogP contribution in [0.1, 0.15) is 20.9 Å². The van der Waals surface area contributed by atoms with Gasteiger partial charge in [-0.05, 0) is 24.6 Å². The summed E-state index contributed by atoms with van der Waals surface area (Å²) >= 11 is 7.30. The first-order valence-corrected chi connectivity index (χ1v) is 7.22. The van der Waals surface area contributed by atoms with Gasteiger partial charge in [0.1, 0.15) is 4.88 Å². The van der Waals surface area contributed by atoms with Crippen LogP contribution in [-0.4, -0.2) is 25.1 Å². The Balaban J connectivity index is 2.17. The molecule has 4 nitrogen and oxygen atoms in total. The molecule has 106 valence electrons. The molecule has 0 amide bonds. The van der Waals surface area contributed by atoms with E-state index in [1.54, 1.807) is 6.92 Å². The minimum Gasteiger partial charge on any atom is -0.465 e. The molecule has 0 saturated heterocycles. The maximum Gasteiger partial charge on any atom is 0.350 e. The van der Waals surface area contributed by atoms with Crippen LogP contribution in [0.4, 0.5) is 5.13 Å². The third kappa shape index (κ3) is 3.29. The molecule has 1 aromatic heterocycles. The summed E-state index contributed by atoms with van der Waals surface area (Å²) in [5.41, 5.74) is 1.78. The number of aryl methyl sites for hydroxylation is 1. The zero-order valence-corrected chi connectivity index (χ0v) is 13.1. The highest BCUT2D eigenvalue weighted by Gasteiger charge is 2.17. The van der Waals surface area contributed by atoms with E-state index in [0.29, 0.717) is 22.1 Å². The second-order valence-electron chi connectivity index (χ2n) is 4.39. The molecule has 0 fully saturated rings. The third-order valence-electron chi connectivity index (χ3n) is 2.79. The molecule has 0 bridgehead atoms. The number of carbonyl (C=O) groups is 1. The molecule has 0 saturated carbocycles. The predicted octanol–water partition coefficient (Wildman–Crippen LogP) is 3.53. The molecule has 2 rings (SSSR count). The predicted molar refractivity (Wildman–Crippen MR) is 81.7 cm³/mol. The van der Waals surface area contributed by atoms with E-state index in [9.17, 15) is 4.79 Å². The Morgan fingerprint density at radius 3 is 2.90 bits per heavy atom. The first kappa shape index (κ1) is 14.8. The van der Waals surface area contributed by atoms with Gasteiger partial charge in [0.05, 0.1) is 12.8 Å². The van der Waals surface area contributed by atoms with Crippen LogP contribution in [0.15, 0.2) is 24.3 Å². The summed E-state index contributed by atoms with van der Waals surface area (Å²) in [7, 11) is 3.30. The molecule has 1 heterocycles. The van der Waals surface area contributed by atoms with Crippen LogP contribution in [0.5, 0.6) is 0 Å². The van der Waals surface area contributed by atoms with Crippen LogP contribution < -0.4 is 4.90 Å². The Morgan fingerprint density at radius 1 is 1.50 bits per heavy atom. The minimum atomic E-state index is -0.345. The second kappa shape index (κ2) is 6.24. The summed E-state index contributed by atoms with van der Waals surface area (Å²) in [6, 6.07) is 7.68. The Morgan fingerprint density at radius 2 is 2.25 bits per heavy atom. The van der Waals surface area contributed by atoms with Crippen molar-refractivity contribution in [3.63, 3.8) is 0 Å². The molecule has 0 N–H and O–H groups in total. The number of thiazole rings is 1. The highest BCUT2D eigenvalue weighted by Crippen LogP contribution is 2.27. The van der Waals surface area contributed by atoms with E-state index in [1.165, 1.54) is 18.4 Å². The number of esters is 1. The van der Waals surface area contributed by atoms with Gasteiger partial charge in [0, 0.05) is 18.6 Å². The number of carbonyl (C=O) groups excluding carboxylic acids is 1. The SMILES string of the molecule is COC(=O)c1sc(N(C)Cc2cccc(Cl)c2)nc1C. The van der Waals surface area contributed by atoms with Crippen LogP contribution in [-0.2, 0) is 11.3 Å². The number of hydrogen-bond donors (Lipinski definition) is 0. The summed E-state index contributed by atoms with van der Waals surface area (Å²) in [6.45, 7) is 2.48. The number of benzene rings is 1. The number of rotatable bonds is 4. The number of ether oxygens (including phenoxy) is 1. The lowest BCUT2D eigenvalue weighted by Gasteiger charge is -2.15. The highest BCUT2D eigenvalue weighted by atomic mass is 35.5. The van der Waals surface area contributed by atoms with Crippen molar-refractivity contribution in [3.05, 3.63) is 45.4 Å². The third-order valence-corrected chi connectivity index (χ3v) is 4.28. The van der Waals surface area contributed by atoms with Crippen molar-refractivity contribution in [1.29, 1.82) is 0 Å². The van der Waals surface area contributed by atoms with Gasteiger partial charge in [0.2, 0.25) is 0 Å². The number of hydrogen-bond acceptors (Lipinski definition) is 5. The monoisotopic (exact) mass is 310 g/mol. The van der Waals surface area contributed by atoms with Crippen molar-refractivity contribution in [3.8, 4) is 0 Å². The van der Waals surface area contributed by atoms with Gasteiger partial charge in [-0.3, -0.25) is 0 Å². The Labute approximate surface area is 127 Å². The highest BCUT2D eigenvalue weighted by molar-refractivity contribution is 7.17. The van der Waals surface area contributed by atoms with Crippen LogP contribution in [0.25, 0.3) is 0 Å². The Kier molecular flexibility index (Phi) is 4.62. The molecule has 0 unspecified atom stereocenters. The van der Waals surface area contributed by atoms with Crippen molar-refractivity contribution in [2.75, 3.05) is 19.1 Å². The lowest BCUT2D eigenvalue weighted by atomic mass is 10.2. The first-order valence-electron chi connectivity index (χ1n) is 6.02. The van der Waals surface area contributed by atoms with Crippen LogP contribution in [0, 0.1) is 6.92 Å². The Hall–Kier alpha value is -1.59. The molecule has 6 heteroatoms. The summed E-state index contributed by atoms with van der Waals surface area (Å²) in [5, 5.41) is 1.49.